The Morgan fingerprint density at radius 2 is 1.75 bits per heavy atom. The zero-order valence-corrected chi connectivity index (χ0v) is 18.7. The molecule has 0 bridgehead atoms. The number of hydrogen-bond acceptors (Lipinski definition) is 6. The maximum Gasteiger partial charge on any atom is 0.341 e. The molecule has 9 nitrogen and oxygen atoms in total. The van der Waals surface area contributed by atoms with Crippen LogP contribution in [0.15, 0.2) is 30.4 Å². The van der Waals surface area contributed by atoms with Gasteiger partial charge in [-0.25, -0.2) is 9.59 Å². The van der Waals surface area contributed by atoms with Crippen LogP contribution in [0.2, 0.25) is 0 Å². The first-order valence-corrected chi connectivity index (χ1v) is 10.6. The number of carboxylic acid groups (broad SMARTS) is 2. The lowest BCUT2D eigenvalue weighted by Gasteiger charge is -2.14. The van der Waals surface area contributed by atoms with Crippen LogP contribution < -0.4 is 14.8 Å². The molecule has 3 N–H and O–H groups in total. The summed E-state index contributed by atoms with van der Waals surface area (Å²) in [5.41, 5.74) is 0.752. The molecule has 1 rings (SSSR count). The summed E-state index contributed by atoms with van der Waals surface area (Å²) in [6.45, 7) is 3.66. The summed E-state index contributed by atoms with van der Waals surface area (Å²) in [6.07, 6.45) is 7.46. The van der Waals surface area contributed by atoms with E-state index in [-0.39, 0.29) is 37.2 Å². The number of unbranched alkanes of at least 4 members (excludes halogenated alkanes) is 2. The topological polar surface area (TPSA) is 131 Å². The Morgan fingerprint density at radius 3 is 2.44 bits per heavy atom. The fourth-order valence-electron chi connectivity index (χ4n) is 2.61. The molecule has 0 heterocycles. The van der Waals surface area contributed by atoms with Crippen molar-refractivity contribution in [2.24, 2.45) is 5.92 Å². The van der Waals surface area contributed by atoms with Crippen molar-refractivity contribution < 1.29 is 38.8 Å². The minimum absolute atomic E-state index is 0.0397. The molecule has 0 aromatic heterocycles. The third-order valence-electron chi connectivity index (χ3n) is 4.11. The molecular formula is C23H33NO8. The molecule has 0 unspecified atom stereocenters. The number of carboxylic acids is 2. The van der Waals surface area contributed by atoms with Crippen LogP contribution in [-0.2, 0) is 25.7 Å². The number of benzene rings is 1. The molecule has 0 aliphatic rings. The molecule has 1 amide bonds. The average Bonchev–Trinajstić information content (AvgIpc) is 2.73. The number of carbonyl (C=O) groups excluding carboxylic acids is 1. The monoisotopic (exact) mass is 451 g/mol. The number of ether oxygens (including phenoxy) is 3. The molecule has 9 heteroatoms. The quantitative estimate of drug-likeness (QED) is 0.243. The Hall–Kier alpha value is -3.07. The van der Waals surface area contributed by atoms with Crippen molar-refractivity contribution in [1.82, 2.24) is 5.32 Å². The maximum atomic E-state index is 12.1. The Bertz CT molecular complexity index is 760. The van der Waals surface area contributed by atoms with Crippen LogP contribution in [0.4, 0.5) is 0 Å². The molecule has 0 atom stereocenters. The van der Waals surface area contributed by atoms with E-state index >= 15 is 0 Å². The van der Waals surface area contributed by atoms with Crippen LogP contribution in [0.3, 0.4) is 0 Å². The van der Waals surface area contributed by atoms with Crippen molar-refractivity contribution in [2.45, 2.75) is 46.1 Å². The largest absolute Gasteiger partial charge is 0.487 e. The van der Waals surface area contributed by atoms with Crippen molar-refractivity contribution in [1.29, 1.82) is 0 Å². The molecule has 178 valence electrons. The molecule has 0 saturated carbocycles. The van der Waals surface area contributed by atoms with Crippen LogP contribution in [0.5, 0.6) is 11.5 Å². The first kappa shape index (κ1) is 27.0. The predicted octanol–water partition coefficient (Wildman–Crippen LogP) is 3.02. The fraction of sp³-hybridized carbons (Fsp3) is 0.522. The molecule has 0 spiro atoms. The minimum atomic E-state index is -1.13. The molecule has 32 heavy (non-hydrogen) atoms. The van der Waals surface area contributed by atoms with E-state index < -0.39 is 25.2 Å². The molecule has 0 saturated heterocycles. The van der Waals surface area contributed by atoms with Crippen LogP contribution in [0.25, 0.3) is 0 Å². The first-order valence-electron chi connectivity index (χ1n) is 10.6. The first-order chi connectivity index (χ1) is 15.3. The van der Waals surface area contributed by atoms with E-state index in [1.807, 2.05) is 0 Å². The van der Waals surface area contributed by atoms with Gasteiger partial charge in [-0.3, -0.25) is 4.79 Å². The van der Waals surface area contributed by atoms with Gasteiger partial charge in [0.05, 0.1) is 6.61 Å². The lowest BCUT2D eigenvalue weighted by molar-refractivity contribution is -0.142. The molecule has 0 radical (unpaired) electrons. The van der Waals surface area contributed by atoms with E-state index in [0.29, 0.717) is 12.3 Å². The molecule has 1 aromatic carbocycles. The van der Waals surface area contributed by atoms with Gasteiger partial charge in [-0.2, -0.15) is 0 Å². The summed E-state index contributed by atoms with van der Waals surface area (Å²) in [4.78, 5) is 33.3. The van der Waals surface area contributed by atoms with Gasteiger partial charge in [-0.1, -0.05) is 32.1 Å². The van der Waals surface area contributed by atoms with E-state index in [1.54, 1.807) is 18.2 Å². The van der Waals surface area contributed by atoms with E-state index in [9.17, 15) is 14.4 Å². The summed E-state index contributed by atoms with van der Waals surface area (Å²) < 4.78 is 15.7. The summed E-state index contributed by atoms with van der Waals surface area (Å²) in [6, 6.07) is 4.92. The predicted molar refractivity (Wildman–Crippen MR) is 118 cm³/mol. The number of aliphatic carboxylic acids is 2. The van der Waals surface area contributed by atoms with Gasteiger partial charge in [0.1, 0.15) is 13.2 Å². The summed E-state index contributed by atoms with van der Waals surface area (Å²) in [5, 5.41) is 20.2. The van der Waals surface area contributed by atoms with Crippen molar-refractivity contribution in [3.05, 3.63) is 35.9 Å². The van der Waals surface area contributed by atoms with E-state index in [0.717, 1.165) is 24.8 Å². The van der Waals surface area contributed by atoms with E-state index in [4.69, 9.17) is 24.4 Å². The highest BCUT2D eigenvalue weighted by Gasteiger charge is 2.10. The summed E-state index contributed by atoms with van der Waals surface area (Å²) in [5.74, 6) is -1.21. The smallest absolute Gasteiger partial charge is 0.341 e. The Balaban J connectivity index is 2.53. The molecular weight excluding hydrogens is 418 g/mol. The van der Waals surface area contributed by atoms with Gasteiger partial charge in [0.2, 0.25) is 5.91 Å². The van der Waals surface area contributed by atoms with Gasteiger partial charge in [-0.05, 0) is 42.9 Å². The fourth-order valence-corrected chi connectivity index (χ4v) is 2.61. The van der Waals surface area contributed by atoms with Gasteiger partial charge in [0, 0.05) is 13.0 Å². The van der Waals surface area contributed by atoms with E-state index in [1.165, 1.54) is 0 Å². The highest BCUT2D eigenvalue weighted by molar-refractivity contribution is 5.75. The van der Waals surface area contributed by atoms with Gasteiger partial charge in [0.15, 0.2) is 18.1 Å². The lowest BCUT2D eigenvalue weighted by atomic mass is 10.1. The second kappa shape index (κ2) is 15.7. The molecule has 0 fully saturated rings. The molecule has 0 aliphatic heterocycles. The third kappa shape index (κ3) is 13.3. The van der Waals surface area contributed by atoms with Gasteiger partial charge >= 0.3 is 11.9 Å². The standard InChI is InChI=1S/C23H33NO8/c1-17(2)7-5-3-4-6-8-21(25)24-14-18-9-10-19(32-16-23(28)29)20(13-18)31-12-11-30-15-22(26)27/h5,7,9-10,13,17H,3-4,6,8,11-12,14-16H2,1-2H3,(H,24,25)(H,26,27)(H,28,29)/b7-5+. The Morgan fingerprint density at radius 1 is 1.00 bits per heavy atom. The number of allylic oxidation sites excluding steroid dienone is 2. The zero-order valence-electron chi connectivity index (χ0n) is 18.7. The zero-order chi connectivity index (χ0) is 23.8. The number of hydrogen-bond donors (Lipinski definition) is 3. The van der Waals surface area contributed by atoms with Crippen LogP contribution in [-0.4, -0.2) is 54.5 Å². The Labute approximate surface area is 188 Å². The molecule has 1 aromatic rings. The van der Waals surface area contributed by atoms with Crippen molar-refractivity contribution in [3.63, 3.8) is 0 Å². The maximum absolute atomic E-state index is 12.1. The second-order valence-electron chi connectivity index (χ2n) is 7.45. The number of nitrogens with one attached hydrogen (secondary N) is 1. The van der Waals surface area contributed by atoms with Crippen LogP contribution >= 0.6 is 0 Å². The normalized spacial score (nSPS) is 11.0. The molecule has 0 aliphatic carbocycles. The van der Waals surface area contributed by atoms with Crippen molar-refractivity contribution in [2.75, 3.05) is 26.4 Å². The average molecular weight is 452 g/mol. The number of amides is 1. The van der Waals surface area contributed by atoms with Crippen LogP contribution in [0, 0.1) is 5.92 Å². The minimum Gasteiger partial charge on any atom is -0.487 e. The Kier molecular flexibility index (Phi) is 13.2. The lowest BCUT2D eigenvalue weighted by Crippen LogP contribution is -2.22. The summed E-state index contributed by atoms with van der Waals surface area (Å²) in [7, 11) is 0. The second-order valence-corrected chi connectivity index (χ2v) is 7.45. The van der Waals surface area contributed by atoms with E-state index in [2.05, 4.69) is 31.3 Å². The van der Waals surface area contributed by atoms with Crippen molar-refractivity contribution in [3.8, 4) is 11.5 Å². The highest BCUT2D eigenvalue weighted by atomic mass is 16.6. The SMILES string of the molecule is CC(C)/C=C/CCCCC(=O)NCc1ccc(OCC(=O)O)c(OCCOCC(=O)O)c1. The number of carbonyl (C=O) groups is 3. The van der Waals surface area contributed by atoms with Crippen molar-refractivity contribution >= 4 is 17.8 Å². The third-order valence-corrected chi connectivity index (χ3v) is 4.11. The van der Waals surface area contributed by atoms with Gasteiger partial charge in [-0.15, -0.1) is 0 Å². The van der Waals surface area contributed by atoms with Gasteiger partial charge < -0.3 is 29.7 Å². The highest BCUT2D eigenvalue weighted by Crippen LogP contribution is 2.28. The van der Waals surface area contributed by atoms with Gasteiger partial charge in [0.25, 0.3) is 0 Å². The number of rotatable bonds is 17. The summed E-state index contributed by atoms with van der Waals surface area (Å²) >= 11 is 0. The van der Waals surface area contributed by atoms with Crippen LogP contribution in [0.1, 0.15) is 45.1 Å².